The highest BCUT2D eigenvalue weighted by atomic mass is 31.2. The van der Waals surface area contributed by atoms with E-state index in [-0.39, 0.29) is 0 Å². The van der Waals surface area contributed by atoms with Gasteiger partial charge < -0.3 is 4.42 Å². The average molecular weight is 484 g/mol. The van der Waals surface area contributed by atoms with Gasteiger partial charge in [-0.15, -0.1) is 0 Å². The molecule has 0 saturated heterocycles. The Labute approximate surface area is 211 Å². The van der Waals surface area contributed by atoms with Crippen molar-refractivity contribution in [3.05, 3.63) is 146 Å². The Kier molecular flexibility index (Phi) is 5.99. The summed E-state index contributed by atoms with van der Waals surface area (Å²) in [6.45, 7) is 0. The van der Waals surface area contributed by atoms with Crippen LogP contribution in [0.15, 0.2) is 150 Å². The number of nitrogens with zero attached hydrogens (tertiary/aromatic N) is 2. The number of rotatable bonds is 6. The zero-order chi connectivity index (χ0) is 24.2. The number of benzene rings is 4. The largest absolute Gasteiger partial charge is 0.432 e. The normalized spacial score (nSPS) is 11.3. The van der Waals surface area contributed by atoms with Crippen LogP contribution in [-0.4, -0.2) is 9.97 Å². The second-order valence-corrected chi connectivity index (χ2v) is 11.8. The number of hydrogen-bond acceptors (Lipinski definition) is 3. The second-order valence-electron chi connectivity index (χ2n) is 8.45. The summed E-state index contributed by atoms with van der Waals surface area (Å²) in [5, 5.41) is 3.69. The van der Waals surface area contributed by atoms with Crippen molar-refractivity contribution in [3.63, 3.8) is 0 Å². The molecule has 172 valence electrons. The molecule has 6 rings (SSSR count). The average Bonchev–Trinajstić information content (AvgIpc) is 3.42. The molecular formula is C32H24N2OP+. The third kappa shape index (κ3) is 3.84. The van der Waals surface area contributed by atoms with Gasteiger partial charge in [-0.1, -0.05) is 84.9 Å². The van der Waals surface area contributed by atoms with E-state index in [1.165, 1.54) is 15.9 Å². The molecule has 0 spiro atoms. The van der Waals surface area contributed by atoms with E-state index in [1.807, 2.05) is 30.3 Å². The van der Waals surface area contributed by atoms with Crippen LogP contribution in [0.2, 0.25) is 0 Å². The molecule has 0 aliphatic carbocycles. The Balaban J connectivity index is 1.76. The van der Waals surface area contributed by atoms with Crippen LogP contribution in [0, 0.1) is 0 Å². The summed E-state index contributed by atoms with van der Waals surface area (Å²) in [5.41, 5.74) is 2.87. The first-order valence-electron chi connectivity index (χ1n) is 11.9. The highest BCUT2D eigenvalue weighted by Gasteiger charge is 2.52. The van der Waals surface area contributed by atoms with Gasteiger partial charge in [0.15, 0.2) is 13.0 Å². The quantitative estimate of drug-likeness (QED) is 0.272. The Morgan fingerprint density at radius 2 is 0.917 bits per heavy atom. The van der Waals surface area contributed by atoms with Crippen molar-refractivity contribution in [3.8, 4) is 22.8 Å². The Bertz CT molecular complexity index is 1460. The summed E-state index contributed by atoms with van der Waals surface area (Å²) in [7, 11) is -2.43. The molecule has 4 heteroatoms. The third-order valence-corrected chi connectivity index (χ3v) is 10.5. The monoisotopic (exact) mass is 483 g/mol. The van der Waals surface area contributed by atoms with Gasteiger partial charge in [0.2, 0.25) is 11.3 Å². The fourth-order valence-corrected chi connectivity index (χ4v) is 8.91. The highest BCUT2D eigenvalue weighted by molar-refractivity contribution is 8.01. The molecule has 3 nitrogen and oxygen atoms in total. The SMILES string of the molecule is c1ccc(-c2oc(-c3ccncc3)nc2[P+](c2ccccc2)(c2ccccc2)c2ccccc2)cc1. The minimum Gasteiger partial charge on any atom is -0.432 e. The standard InChI is InChI=1S/C32H24N2OP/c1-5-13-25(14-6-1)30-32(34-31(35-30)26-21-23-33-24-22-26)36(27-15-7-2-8-16-27,28-17-9-3-10-18-28)29-19-11-4-12-20-29/h1-24H/q+1. The van der Waals surface area contributed by atoms with Crippen LogP contribution < -0.4 is 21.3 Å². The minimum atomic E-state index is -2.43. The molecule has 0 atom stereocenters. The third-order valence-electron chi connectivity index (χ3n) is 6.32. The molecule has 0 fully saturated rings. The molecule has 0 N–H and O–H groups in total. The lowest BCUT2D eigenvalue weighted by molar-refractivity contribution is 0.589. The van der Waals surface area contributed by atoms with E-state index in [0.29, 0.717) is 5.89 Å². The van der Waals surface area contributed by atoms with Crippen molar-refractivity contribution in [2.75, 3.05) is 0 Å². The van der Waals surface area contributed by atoms with E-state index in [2.05, 4.69) is 108 Å². The van der Waals surface area contributed by atoms with Crippen molar-refractivity contribution in [2.45, 2.75) is 0 Å². The molecule has 4 aromatic carbocycles. The predicted molar refractivity (Wildman–Crippen MR) is 150 cm³/mol. The fourth-order valence-electron chi connectivity index (χ4n) is 4.70. The minimum absolute atomic E-state index is 0.596. The zero-order valence-electron chi connectivity index (χ0n) is 19.6. The maximum absolute atomic E-state index is 6.65. The topological polar surface area (TPSA) is 38.9 Å². The van der Waals surface area contributed by atoms with Crippen molar-refractivity contribution in [1.29, 1.82) is 0 Å². The number of aromatic nitrogens is 2. The Hall–Kier alpha value is -4.33. The molecule has 6 aromatic rings. The van der Waals surface area contributed by atoms with Crippen LogP contribution in [0.5, 0.6) is 0 Å². The molecule has 0 aliphatic heterocycles. The highest BCUT2D eigenvalue weighted by Crippen LogP contribution is 2.56. The van der Waals surface area contributed by atoms with Gasteiger partial charge in [0.05, 0.1) is 0 Å². The molecule has 2 aromatic heterocycles. The lowest BCUT2D eigenvalue weighted by atomic mass is 10.2. The molecule has 2 heterocycles. The van der Waals surface area contributed by atoms with Crippen LogP contribution in [0.3, 0.4) is 0 Å². The first-order chi connectivity index (χ1) is 17.9. The molecule has 0 radical (unpaired) electrons. The summed E-state index contributed by atoms with van der Waals surface area (Å²) in [6.07, 6.45) is 3.55. The van der Waals surface area contributed by atoms with E-state index < -0.39 is 7.26 Å². The first kappa shape index (κ1) is 22.2. The van der Waals surface area contributed by atoms with Gasteiger partial charge in [0.1, 0.15) is 15.9 Å². The van der Waals surface area contributed by atoms with E-state index in [9.17, 15) is 0 Å². The molecule has 36 heavy (non-hydrogen) atoms. The number of oxazole rings is 1. The van der Waals surface area contributed by atoms with E-state index in [1.54, 1.807) is 12.4 Å². The molecular weight excluding hydrogens is 459 g/mol. The number of pyridine rings is 1. The maximum Gasteiger partial charge on any atom is 0.245 e. The van der Waals surface area contributed by atoms with Crippen LogP contribution in [0.4, 0.5) is 0 Å². The first-order valence-corrected chi connectivity index (χ1v) is 13.7. The van der Waals surface area contributed by atoms with E-state index >= 15 is 0 Å². The number of hydrogen-bond donors (Lipinski definition) is 0. The van der Waals surface area contributed by atoms with Gasteiger partial charge in [-0.2, -0.15) is 4.98 Å². The lowest BCUT2D eigenvalue weighted by Gasteiger charge is -2.25. The van der Waals surface area contributed by atoms with Gasteiger partial charge in [0.25, 0.3) is 0 Å². The zero-order valence-corrected chi connectivity index (χ0v) is 20.5. The van der Waals surface area contributed by atoms with Crippen molar-refractivity contribution in [2.24, 2.45) is 0 Å². The predicted octanol–water partition coefficient (Wildman–Crippen LogP) is 6.02. The summed E-state index contributed by atoms with van der Waals surface area (Å²) >= 11 is 0. The molecule has 0 unspecified atom stereocenters. The summed E-state index contributed by atoms with van der Waals surface area (Å²) < 4.78 is 6.65. The molecule has 0 aliphatic rings. The second kappa shape index (κ2) is 9.73. The smallest absolute Gasteiger partial charge is 0.245 e. The van der Waals surface area contributed by atoms with E-state index in [4.69, 9.17) is 9.40 Å². The van der Waals surface area contributed by atoms with E-state index in [0.717, 1.165) is 22.3 Å². The van der Waals surface area contributed by atoms with Crippen molar-refractivity contribution >= 4 is 28.6 Å². The lowest BCUT2D eigenvalue weighted by Crippen LogP contribution is -2.40. The fraction of sp³-hybridized carbons (Fsp3) is 0. The summed E-state index contributed by atoms with van der Waals surface area (Å²) in [5.74, 6) is 1.39. The van der Waals surface area contributed by atoms with Crippen LogP contribution in [-0.2, 0) is 0 Å². The van der Waals surface area contributed by atoms with Gasteiger partial charge in [-0.05, 0) is 48.5 Å². The molecule has 0 saturated carbocycles. The Morgan fingerprint density at radius 1 is 0.472 bits per heavy atom. The molecule has 0 amide bonds. The van der Waals surface area contributed by atoms with Gasteiger partial charge in [-0.25, -0.2) is 0 Å². The molecule has 0 bridgehead atoms. The maximum atomic E-state index is 6.65. The van der Waals surface area contributed by atoms with Crippen LogP contribution in [0.1, 0.15) is 0 Å². The Morgan fingerprint density at radius 3 is 1.39 bits per heavy atom. The van der Waals surface area contributed by atoms with Crippen LogP contribution >= 0.6 is 7.26 Å². The summed E-state index contributed by atoms with van der Waals surface area (Å²) in [6, 6.07) is 46.4. The van der Waals surface area contributed by atoms with Gasteiger partial charge in [-0.3, -0.25) is 4.98 Å². The van der Waals surface area contributed by atoms with Crippen LogP contribution in [0.25, 0.3) is 22.8 Å². The van der Waals surface area contributed by atoms with Crippen molar-refractivity contribution in [1.82, 2.24) is 9.97 Å². The summed E-state index contributed by atoms with van der Waals surface area (Å²) in [4.78, 5) is 9.50. The van der Waals surface area contributed by atoms with Gasteiger partial charge in [0, 0.05) is 23.5 Å². The van der Waals surface area contributed by atoms with Crippen molar-refractivity contribution < 1.29 is 4.42 Å². The van der Waals surface area contributed by atoms with Gasteiger partial charge >= 0.3 is 0 Å².